The fraction of sp³-hybridized carbons (Fsp3) is 0.391. The summed E-state index contributed by atoms with van der Waals surface area (Å²) in [5.74, 6) is 1.55. The maximum atomic E-state index is 12.6. The van der Waals surface area contributed by atoms with Crippen molar-refractivity contribution in [3.63, 3.8) is 0 Å². The summed E-state index contributed by atoms with van der Waals surface area (Å²) in [6.45, 7) is 4.22. The molecule has 6 nitrogen and oxygen atoms in total. The molecule has 1 fully saturated rings. The van der Waals surface area contributed by atoms with Crippen LogP contribution in [-0.2, 0) is 4.79 Å². The van der Waals surface area contributed by atoms with Crippen LogP contribution in [0.25, 0.3) is 0 Å². The SMILES string of the molecule is CC(=O)c1cccc(NC(=O)C[NH+]2CCC[C@H]2c2ccc3c(c2)OCCCO3)c1. The average Bonchev–Trinajstić information content (AvgIpc) is 3.03. The molecule has 0 saturated carbocycles. The van der Waals surface area contributed by atoms with Crippen LogP contribution in [0.4, 0.5) is 5.69 Å². The van der Waals surface area contributed by atoms with Gasteiger partial charge in [0, 0.05) is 36.1 Å². The Morgan fingerprint density at radius 3 is 2.72 bits per heavy atom. The quantitative estimate of drug-likeness (QED) is 0.763. The Balaban J connectivity index is 1.43. The maximum absolute atomic E-state index is 12.6. The highest BCUT2D eigenvalue weighted by atomic mass is 16.5. The number of Topliss-reactive ketones (excluding diaryl/α,β-unsaturated/α-hetero) is 1. The minimum atomic E-state index is -0.0399. The lowest BCUT2D eigenvalue weighted by molar-refractivity contribution is -0.910. The second-order valence-electron chi connectivity index (χ2n) is 7.72. The lowest BCUT2D eigenvalue weighted by Gasteiger charge is -2.22. The third-order valence-electron chi connectivity index (χ3n) is 5.60. The molecule has 2 aliphatic rings. The molecule has 0 radical (unpaired) electrons. The van der Waals surface area contributed by atoms with E-state index in [1.165, 1.54) is 17.4 Å². The van der Waals surface area contributed by atoms with Crippen molar-refractivity contribution in [2.24, 2.45) is 0 Å². The summed E-state index contributed by atoms with van der Waals surface area (Å²) < 4.78 is 11.6. The van der Waals surface area contributed by atoms with Crippen molar-refractivity contribution in [3.05, 3.63) is 53.6 Å². The second kappa shape index (κ2) is 8.66. The van der Waals surface area contributed by atoms with Gasteiger partial charge in [0.2, 0.25) is 0 Å². The number of nitrogens with one attached hydrogen (secondary N) is 2. The van der Waals surface area contributed by atoms with Crippen molar-refractivity contribution >= 4 is 17.4 Å². The number of likely N-dealkylation sites (tertiary alicyclic amines) is 1. The first kappa shape index (κ1) is 19.5. The molecule has 0 aliphatic carbocycles. The Labute approximate surface area is 170 Å². The maximum Gasteiger partial charge on any atom is 0.279 e. The van der Waals surface area contributed by atoms with Gasteiger partial charge in [-0.1, -0.05) is 12.1 Å². The number of amides is 1. The number of ether oxygens (including phenoxy) is 2. The standard InChI is InChI=1S/C23H26N2O4/c1-16(26)17-5-2-6-19(13-17)24-23(27)15-25-10-3-7-20(25)18-8-9-21-22(14-18)29-12-4-11-28-21/h2,5-6,8-9,13-14,20H,3-4,7,10-12,15H2,1H3,(H,24,27)/p+1/t20-/m0/s1. The van der Waals surface area contributed by atoms with Crippen LogP contribution in [0, 0.1) is 0 Å². The number of rotatable bonds is 5. The number of hydrogen-bond donors (Lipinski definition) is 2. The fourth-order valence-corrected chi connectivity index (χ4v) is 4.15. The summed E-state index contributed by atoms with van der Waals surface area (Å²) in [4.78, 5) is 25.4. The monoisotopic (exact) mass is 395 g/mol. The molecule has 2 aliphatic heterocycles. The van der Waals surface area contributed by atoms with Crippen LogP contribution in [0.1, 0.15) is 48.1 Å². The smallest absolute Gasteiger partial charge is 0.279 e. The van der Waals surface area contributed by atoms with E-state index >= 15 is 0 Å². The number of carbonyl (C=O) groups is 2. The van der Waals surface area contributed by atoms with E-state index in [9.17, 15) is 9.59 Å². The van der Waals surface area contributed by atoms with Crippen LogP contribution in [0.15, 0.2) is 42.5 Å². The van der Waals surface area contributed by atoms with Crippen molar-refractivity contribution in [2.45, 2.75) is 32.2 Å². The topological polar surface area (TPSA) is 69.1 Å². The van der Waals surface area contributed by atoms with E-state index in [-0.39, 0.29) is 17.7 Å². The van der Waals surface area contributed by atoms with Gasteiger partial charge in [-0.05, 0) is 37.3 Å². The molecular formula is C23H27N2O4+. The molecule has 1 unspecified atom stereocenters. The van der Waals surface area contributed by atoms with E-state index in [0.29, 0.717) is 31.0 Å². The molecule has 0 bridgehead atoms. The van der Waals surface area contributed by atoms with Crippen LogP contribution >= 0.6 is 0 Å². The van der Waals surface area contributed by atoms with E-state index in [0.717, 1.165) is 37.3 Å². The molecule has 1 saturated heterocycles. The van der Waals surface area contributed by atoms with Crippen LogP contribution in [0.2, 0.25) is 0 Å². The highest BCUT2D eigenvalue weighted by Crippen LogP contribution is 2.33. The molecule has 2 aromatic rings. The van der Waals surface area contributed by atoms with Gasteiger partial charge in [-0.15, -0.1) is 0 Å². The normalized spacial score (nSPS) is 20.7. The van der Waals surface area contributed by atoms with Crippen molar-refractivity contribution < 1.29 is 24.0 Å². The minimum absolute atomic E-state index is 0.0132. The van der Waals surface area contributed by atoms with Gasteiger partial charge in [0.05, 0.1) is 19.8 Å². The van der Waals surface area contributed by atoms with Gasteiger partial charge >= 0.3 is 0 Å². The summed E-state index contributed by atoms with van der Waals surface area (Å²) in [5.41, 5.74) is 2.45. The molecule has 0 aromatic heterocycles. The Morgan fingerprint density at radius 2 is 1.90 bits per heavy atom. The predicted octanol–water partition coefficient (Wildman–Crippen LogP) is 2.41. The number of hydrogen-bond acceptors (Lipinski definition) is 4. The fourth-order valence-electron chi connectivity index (χ4n) is 4.15. The molecule has 2 N–H and O–H groups in total. The van der Waals surface area contributed by atoms with Gasteiger partial charge in [-0.3, -0.25) is 9.59 Å². The first-order valence-electron chi connectivity index (χ1n) is 10.2. The van der Waals surface area contributed by atoms with Gasteiger partial charge in [-0.2, -0.15) is 0 Å². The summed E-state index contributed by atoms with van der Waals surface area (Å²) in [5, 5.41) is 2.94. The van der Waals surface area contributed by atoms with Gasteiger partial charge in [-0.25, -0.2) is 0 Å². The van der Waals surface area contributed by atoms with Crippen molar-refractivity contribution in [1.82, 2.24) is 0 Å². The molecule has 6 heteroatoms. The third-order valence-corrected chi connectivity index (χ3v) is 5.60. The van der Waals surface area contributed by atoms with E-state index in [2.05, 4.69) is 17.4 Å². The minimum Gasteiger partial charge on any atom is -0.490 e. The third kappa shape index (κ3) is 4.59. The molecule has 2 atom stereocenters. The summed E-state index contributed by atoms with van der Waals surface area (Å²) in [6.07, 6.45) is 3.01. The number of quaternary nitrogens is 1. The average molecular weight is 395 g/mol. The lowest BCUT2D eigenvalue weighted by atomic mass is 10.0. The van der Waals surface area contributed by atoms with E-state index < -0.39 is 0 Å². The Bertz CT molecular complexity index is 912. The van der Waals surface area contributed by atoms with E-state index in [1.807, 2.05) is 12.1 Å². The first-order chi connectivity index (χ1) is 14.1. The van der Waals surface area contributed by atoms with Crippen LogP contribution in [-0.4, -0.2) is 38.0 Å². The molecule has 29 heavy (non-hydrogen) atoms. The lowest BCUT2D eigenvalue weighted by Crippen LogP contribution is -3.11. The number of anilines is 1. The Kier molecular flexibility index (Phi) is 5.81. The number of carbonyl (C=O) groups excluding carboxylic acids is 2. The number of ketones is 1. The van der Waals surface area contributed by atoms with Crippen LogP contribution in [0.5, 0.6) is 11.5 Å². The molecule has 2 aromatic carbocycles. The van der Waals surface area contributed by atoms with Crippen molar-refractivity contribution in [2.75, 3.05) is 31.6 Å². The molecule has 152 valence electrons. The van der Waals surface area contributed by atoms with Crippen LogP contribution in [0.3, 0.4) is 0 Å². The Hall–Kier alpha value is -2.86. The summed E-state index contributed by atoms with van der Waals surface area (Å²) >= 11 is 0. The van der Waals surface area contributed by atoms with Crippen LogP contribution < -0.4 is 19.7 Å². The molecule has 4 rings (SSSR count). The van der Waals surface area contributed by atoms with Gasteiger partial charge in [0.1, 0.15) is 6.04 Å². The van der Waals surface area contributed by atoms with Gasteiger partial charge < -0.3 is 19.7 Å². The molecule has 0 spiro atoms. The van der Waals surface area contributed by atoms with E-state index in [1.54, 1.807) is 18.2 Å². The van der Waals surface area contributed by atoms with Crippen molar-refractivity contribution in [1.29, 1.82) is 0 Å². The zero-order chi connectivity index (χ0) is 20.2. The molecule has 2 heterocycles. The summed E-state index contributed by atoms with van der Waals surface area (Å²) in [6, 6.07) is 13.5. The zero-order valence-corrected chi connectivity index (χ0v) is 16.7. The number of fused-ring (bicyclic) bond motifs is 1. The van der Waals surface area contributed by atoms with Gasteiger partial charge in [0.15, 0.2) is 23.8 Å². The van der Waals surface area contributed by atoms with Gasteiger partial charge in [0.25, 0.3) is 5.91 Å². The Morgan fingerprint density at radius 1 is 1.07 bits per heavy atom. The zero-order valence-electron chi connectivity index (χ0n) is 16.7. The van der Waals surface area contributed by atoms with E-state index in [4.69, 9.17) is 9.47 Å². The molecule has 1 amide bonds. The predicted molar refractivity (Wildman–Crippen MR) is 110 cm³/mol. The largest absolute Gasteiger partial charge is 0.490 e. The van der Waals surface area contributed by atoms with Crippen molar-refractivity contribution in [3.8, 4) is 11.5 Å². The summed E-state index contributed by atoms with van der Waals surface area (Å²) in [7, 11) is 0. The highest BCUT2D eigenvalue weighted by Gasteiger charge is 2.32. The second-order valence-corrected chi connectivity index (χ2v) is 7.72. The first-order valence-corrected chi connectivity index (χ1v) is 10.2. The molecular weight excluding hydrogens is 368 g/mol. The highest BCUT2D eigenvalue weighted by molar-refractivity contribution is 5.97. The number of benzene rings is 2.